The van der Waals surface area contributed by atoms with Gasteiger partial charge in [-0.1, -0.05) is 12.1 Å². The Morgan fingerprint density at radius 2 is 1.80 bits per heavy atom. The molecule has 1 aromatic rings. The molecule has 1 aromatic carbocycles. The lowest BCUT2D eigenvalue weighted by atomic mass is 10.0. The Kier molecular flexibility index (Phi) is 9.32. The lowest BCUT2D eigenvalue weighted by Gasteiger charge is -2.35. The molecule has 0 spiro atoms. The number of guanidine groups is 1. The Hall–Kier alpha value is -2.39. The van der Waals surface area contributed by atoms with Gasteiger partial charge in [-0.15, -0.1) is 0 Å². The Morgan fingerprint density at radius 1 is 1.17 bits per heavy atom. The Labute approximate surface area is 178 Å². The van der Waals surface area contributed by atoms with Gasteiger partial charge in [0.1, 0.15) is 11.4 Å². The fraction of sp³-hybridized carbons (Fsp3) is 0.619. The first-order chi connectivity index (χ1) is 14.3. The summed E-state index contributed by atoms with van der Waals surface area (Å²) in [4.78, 5) is 18.3. The highest BCUT2D eigenvalue weighted by atomic mass is 19.1. The molecule has 1 amide bonds. The molecule has 0 bridgehead atoms. The van der Waals surface area contributed by atoms with Gasteiger partial charge in [0.15, 0.2) is 5.96 Å². The zero-order valence-electron chi connectivity index (χ0n) is 18.3. The summed E-state index contributed by atoms with van der Waals surface area (Å²) < 4.78 is 24.0. The number of amides is 1. The van der Waals surface area contributed by atoms with E-state index in [1.807, 2.05) is 32.9 Å². The number of alkyl carbamates (subject to hydrolysis) is 1. The number of ether oxygens (including phenoxy) is 2. The molecule has 1 fully saturated rings. The number of carbonyl (C=O) groups excluding carboxylic acids is 1. The van der Waals surface area contributed by atoms with Crippen molar-refractivity contribution in [3.8, 4) is 0 Å². The van der Waals surface area contributed by atoms with Crippen molar-refractivity contribution < 1.29 is 18.7 Å². The van der Waals surface area contributed by atoms with Gasteiger partial charge < -0.3 is 25.4 Å². The van der Waals surface area contributed by atoms with Crippen LogP contribution in [-0.4, -0.2) is 75.5 Å². The number of hydrogen-bond acceptors (Lipinski definition) is 5. The van der Waals surface area contributed by atoms with Gasteiger partial charge in [0, 0.05) is 39.8 Å². The molecular weight excluding hydrogens is 389 g/mol. The molecule has 30 heavy (non-hydrogen) atoms. The fourth-order valence-corrected chi connectivity index (χ4v) is 3.11. The molecule has 1 heterocycles. The number of carbonyl (C=O) groups is 1. The fourth-order valence-electron chi connectivity index (χ4n) is 3.11. The Morgan fingerprint density at radius 3 is 2.40 bits per heavy atom. The summed E-state index contributed by atoms with van der Waals surface area (Å²) in [5.74, 6) is 0.378. The van der Waals surface area contributed by atoms with Crippen LogP contribution in [0.5, 0.6) is 0 Å². The van der Waals surface area contributed by atoms with Crippen molar-refractivity contribution in [1.29, 1.82) is 0 Å². The number of morpholine rings is 1. The summed E-state index contributed by atoms with van der Waals surface area (Å²) in [5.41, 5.74) is 0.511. The highest BCUT2D eigenvalue weighted by Gasteiger charge is 2.23. The minimum atomic E-state index is -0.524. The van der Waals surface area contributed by atoms with E-state index < -0.39 is 11.7 Å². The lowest BCUT2D eigenvalue weighted by molar-refractivity contribution is 0.0170. The van der Waals surface area contributed by atoms with E-state index in [1.165, 1.54) is 12.1 Å². The van der Waals surface area contributed by atoms with E-state index in [4.69, 9.17) is 9.47 Å². The molecule has 0 aromatic heterocycles. The van der Waals surface area contributed by atoms with Crippen LogP contribution in [0.15, 0.2) is 29.3 Å². The molecule has 1 aliphatic heterocycles. The first kappa shape index (κ1) is 23.9. The third-order valence-corrected chi connectivity index (χ3v) is 4.51. The largest absolute Gasteiger partial charge is 0.444 e. The summed E-state index contributed by atoms with van der Waals surface area (Å²) in [5, 5.41) is 9.20. The molecule has 3 N–H and O–H groups in total. The molecule has 0 radical (unpaired) electrons. The van der Waals surface area contributed by atoms with Crippen molar-refractivity contribution in [3.05, 3.63) is 35.6 Å². The minimum Gasteiger partial charge on any atom is -0.444 e. The van der Waals surface area contributed by atoms with Gasteiger partial charge in [-0.25, -0.2) is 9.18 Å². The van der Waals surface area contributed by atoms with E-state index in [0.717, 1.165) is 18.7 Å². The number of nitrogens with one attached hydrogen (secondary N) is 3. The summed E-state index contributed by atoms with van der Waals surface area (Å²) in [7, 11) is 1.69. The average Bonchev–Trinajstić information content (AvgIpc) is 2.70. The summed E-state index contributed by atoms with van der Waals surface area (Å²) in [6.07, 6.45) is -0.448. The minimum absolute atomic E-state index is 0.0629. The Balaban J connectivity index is 1.85. The second-order valence-corrected chi connectivity index (χ2v) is 8.02. The maximum atomic E-state index is 13.4. The maximum Gasteiger partial charge on any atom is 0.407 e. The highest BCUT2D eigenvalue weighted by molar-refractivity contribution is 5.79. The first-order valence-corrected chi connectivity index (χ1v) is 10.3. The zero-order chi connectivity index (χ0) is 22.0. The molecule has 1 atom stereocenters. The maximum absolute atomic E-state index is 13.4. The predicted molar refractivity (Wildman–Crippen MR) is 115 cm³/mol. The molecule has 1 saturated heterocycles. The van der Waals surface area contributed by atoms with Crippen molar-refractivity contribution in [1.82, 2.24) is 20.9 Å². The van der Waals surface area contributed by atoms with Crippen LogP contribution < -0.4 is 16.0 Å². The highest BCUT2D eigenvalue weighted by Crippen LogP contribution is 2.21. The van der Waals surface area contributed by atoms with Crippen molar-refractivity contribution in [2.75, 3.05) is 53.0 Å². The number of benzene rings is 1. The van der Waals surface area contributed by atoms with Gasteiger partial charge in [-0.05, 0) is 38.5 Å². The number of hydrogen-bond donors (Lipinski definition) is 3. The van der Waals surface area contributed by atoms with Crippen LogP contribution in [0, 0.1) is 5.82 Å². The number of nitrogens with zero attached hydrogens (tertiary/aromatic N) is 2. The lowest BCUT2D eigenvalue weighted by Crippen LogP contribution is -2.47. The van der Waals surface area contributed by atoms with Gasteiger partial charge in [-0.3, -0.25) is 9.89 Å². The normalized spacial score (nSPS) is 16.6. The van der Waals surface area contributed by atoms with E-state index in [0.29, 0.717) is 38.8 Å². The topological polar surface area (TPSA) is 87.2 Å². The second kappa shape index (κ2) is 11.7. The smallest absolute Gasteiger partial charge is 0.407 e. The molecular formula is C21H34FN5O3. The molecule has 8 nitrogen and oxygen atoms in total. The van der Waals surface area contributed by atoms with Gasteiger partial charge in [0.2, 0.25) is 0 Å². The van der Waals surface area contributed by atoms with Gasteiger partial charge in [-0.2, -0.15) is 0 Å². The van der Waals surface area contributed by atoms with Crippen LogP contribution in [0.4, 0.5) is 9.18 Å². The van der Waals surface area contributed by atoms with Gasteiger partial charge in [0.05, 0.1) is 19.3 Å². The third kappa shape index (κ3) is 8.54. The zero-order valence-corrected chi connectivity index (χ0v) is 18.3. The van der Waals surface area contributed by atoms with Crippen LogP contribution in [0.1, 0.15) is 32.4 Å². The van der Waals surface area contributed by atoms with Crippen LogP contribution in [0.3, 0.4) is 0 Å². The van der Waals surface area contributed by atoms with Crippen LogP contribution in [0.2, 0.25) is 0 Å². The van der Waals surface area contributed by atoms with Crippen LogP contribution in [-0.2, 0) is 9.47 Å². The molecule has 0 saturated carbocycles. The van der Waals surface area contributed by atoms with Crippen molar-refractivity contribution >= 4 is 12.1 Å². The number of rotatable bonds is 7. The Bertz CT molecular complexity index is 685. The molecule has 9 heteroatoms. The predicted octanol–water partition coefficient (Wildman–Crippen LogP) is 1.89. The summed E-state index contributed by atoms with van der Waals surface area (Å²) >= 11 is 0. The summed E-state index contributed by atoms with van der Waals surface area (Å²) in [6, 6.07) is 6.67. The molecule has 0 aliphatic carbocycles. The number of halogens is 1. The van der Waals surface area contributed by atoms with E-state index in [-0.39, 0.29) is 11.9 Å². The van der Waals surface area contributed by atoms with Crippen molar-refractivity contribution in [3.63, 3.8) is 0 Å². The third-order valence-electron chi connectivity index (χ3n) is 4.51. The second-order valence-electron chi connectivity index (χ2n) is 8.02. The quantitative estimate of drug-likeness (QED) is 0.353. The van der Waals surface area contributed by atoms with Crippen molar-refractivity contribution in [2.45, 2.75) is 32.4 Å². The van der Waals surface area contributed by atoms with Crippen LogP contribution in [0.25, 0.3) is 0 Å². The standard InChI is InChI=1S/C21H34FN5O3/c1-21(2,3)30-20(28)25-10-9-24-19(23-4)26-15-18(27-11-13-29-14-12-27)16-5-7-17(22)8-6-16/h5-8,18H,9-15H2,1-4H3,(H,25,28)(H2,23,24,26). The van der Waals surface area contributed by atoms with Gasteiger partial charge >= 0.3 is 6.09 Å². The van der Waals surface area contributed by atoms with Crippen molar-refractivity contribution in [2.24, 2.45) is 4.99 Å². The average molecular weight is 424 g/mol. The van der Waals surface area contributed by atoms with Gasteiger partial charge in [0.25, 0.3) is 0 Å². The van der Waals surface area contributed by atoms with E-state index in [2.05, 4.69) is 25.8 Å². The van der Waals surface area contributed by atoms with E-state index in [1.54, 1.807) is 7.05 Å². The van der Waals surface area contributed by atoms with Crippen LogP contribution >= 0.6 is 0 Å². The molecule has 1 unspecified atom stereocenters. The molecule has 168 valence electrons. The molecule has 1 aliphatic rings. The number of aliphatic imine (C=N–C) groups is 1. The summed E-state index contributed by atoms with van der Waals surface area (Å²) in [6.45, 7) is 9.96. The first-order valence-electron chi connectivity index (χ1n) is 10.3. The monoisotopic (exact) mass is 423 g/mol. The SMILES string of the molecule is CN=C(NCCNC(=O)OC(C)(C)C)NCC(c1ccc(F)cc1)N1CCOCC1. The molecule has 2 rings (SSSR count). The van der Waals surface area contributed by atoms with E-state index in [9.17, 15) is 9.18 Å². The van der Waals surface area contributed by atoms with E-state index >= 15 is 0 Å².